The summed E-state index contributed by atoms with van der Waals surface area (Å²) in [5.74, 6) is 0. The first kappa shape index (κ1) is 11.9. The monoisotopic (exact) mass is 226 g/mol. The van der Waals surface area contributed by atoms with Crippen LogP contribution in [0, 0.1) is 11.3 Å². The van der Waals surface area contributed by atoms with Crippen molar-refractivity contribution in [1.82, 2.24) is 5.32 Å². The van der Waals surface area contributed by atoms with Crippen LogP contribution < -0.4 is 5.32 Å². The molecule has 2 heteroatoms. The van der Waals surface area contributed by atoms with Crippen molar-refractivity contribution in [3.8, 4) is 6.07 Å². The van der Waals surface area contributed by atoms with Crippen molar-refractivity contribution in [1.29, 1.82) is 5.26 Å². The molecule has 0 amide bonds. The summed E-state index contributed by atoms with van der Waals surface area (Å²) in [6, 6.07) is 10.8. The van der Waals surface area contributed by atoms with E-state index in [2.05, 4.69) is 36.2 Å². The molecule has 1 aliphatic rings. The van der Waals surface area contributed by atoms with Gasteiger partial charge in [0.2, 0.25) is 0 Å². The Morgan fingerprint density at radius 2 is 2.24 bits per heavy atom. The molecule has 0 aromatic heterocycles. The molecule has 0 bridgehead atoms. The highest BCUT2D eigenvalue weighted by Crippen LogP contribution is 2.33. The quantitative estimate of drug-likeness (QED) is 0.635. The molecule has 0 heterocycles. The van der Waals surface area contributed by atoms with Crippen LogP contribution in [0.2, 0.25) is 0 Å². The standard InChI is InChI=1S/C15H18N2/c1-2-11-17-15(12-16)10-6-5-8-13-7-3-4-9-14(13)15/h2-4,7,9,17H,1,5-6,8,10-11H2. The third kappa shape index (κ3) is 2.25. The SMILES string of the molecule is C=CCNC1(C#N)CCCCc2ccccc21. The van der Waals surface area contributed by atoms with Gasteiger partial charge in [-0.3, -0.25) is 5.32 Å². The fourth-order valence-electron chi connectivity index (χ4n) is 2.58. The lowest BCUT2D eigenvalue weighted by Crippen LogP contribution is -2.41. The molecule has 0 aliphatic heterocycles. The van der Waals surface area contributed by atoms with E-state index in [-0.39, 0.29) is 0 Å². The van der Waals surface area contributed by atoms with Crippen LogP contribution in [0.3, 0.4) is 0 Å². The Morgan fingerprint density at radius 3 is 3.00 bits per heavy atom. The van der Waals surface area contributed by atoms with Gasteiger partial charge >= 0.3 is 0 Å². The summed E-state index contributed by atoms with van der Waals surface area (Å²) in [6.45, 7) is 4.39. The van der Waals surface area contributed by atoms with Gasteiger partial charge in [0.25, 0.3) is 0 Å². The highest BCUT2D eigenvalue weighted by atomic mass is 15.0. The summed E-state index contributed by atoms with van der Waals surface area (Å²) in [5.41, 5.74) is 1.94. The topological polar surface area (TPSA) is 35.8 Å². The molecule has 0 saturated carbocycles. The van der Waals surface area contributed by atoms with Gasteiger partial charge in [0, 0.05) is 6.54 Å². The van der Waals surface area contributed by atoms with Crippen LogP contribution in [-0.2, 0) is 12.0 Å². The smallest absolute Gasteiger partial charge is 0.132 e. The molecular formula is C15H18N2. The van der Waals surface area contributed by atoms with E-state index in [4.69, 9.17) is 0 Å². The highest BCUT2D eigenvalue weighted by Gasteiger charge is 2.34. The number of benzene rings is 1. The van der Waals surface area contributed by atoms with Gasteiger partial charge in [0.1, 0.15) is 5.54 Å². The second-order valence-electron chi connectivity index (χ2n) is 4.55. The van der Waals surface area contributed by atoms with E-state index in [9.17, 15) is 5.26 Å². The van der Waals surface area contributed by atoms with Crippen LogP contribution >= 0.6 is 0 Å². The Balaban J connectivity index is 2.44. The average molecular weight is 226 g/mol. The van der Waals surface area contributed by atoms with Crippen LogP contribution in [-0.4, -0.2) is 6.54 Å². The van der Waals surface area contributed by atoms with Gasteiger partial charge in [-0.1, -0.05) is 30.3 Å². The minimum absolute atomic E-state index is 0.527. The Kier molecular flexibility index (Phi) is 3.61. The van der Waals surface area contributed by atoms with Crippen LogP contribution in [0.1, 0.15) is 30.4 Å². The number of hydrogen-bond acceptors (Lipinski definition) is 2. The maximum Gasteiger partial charge on any atom is 0.132 e. The van der Waals surface area contributed by atoms with Crippen molar-refractivity contribution in [2.75, 3.05) is 6.54 Å². The summed E-state index contributed by atoms with van der Waals surface area (Å²) in [4.78, 5) is 0. The van der Waals surface area contributed by atoms with Crippen LogP contribution in [0.4, 0.5) is 0 Å². The summed E-state index contributed by atoms with van der Waals surface area (Å²) in [5, 5.41) is 12.9. The summed E-state index contributed by atoms with van der Waals surface area (Å²) in [6.07, 6.45) is 6.03. The van der Waals surface area contributed by atoms with Crippen molar-refractivity contribution in [3.05, 3.63) is 48.0 Å². The largest absolute Gasteiger partial charge is 0.292 e. The number of hydrogen-bond donors (Lipinski definition) is 1. The molecular weight excluding hydrogens is 208 g/mol. The van der Waals surface area contributed by atoms with Gasteiger partial charge in [-0.25, -0.2) is 0 Å². The molecule has 1 aromatic carbocycles. The molecule has 1 unspecified atom stereocenters. The van der Waals surface area contributed by atoms with Crippen LogP contribution in [0.25, 0.3) is 0 Å². The van der Waals surface area contributed by atoms with E-state index < -0.39 is 5.54 Å². The minimum atomic E-state index is -0.527. The molecule has 0 radical (unpaired) electrons. The maximum absolute atomic E-state index is 9.59. The second kappa shape index (κ2) is 5.16. The van der Waals surface area contributed by atoms with Crippen molar-refractivity contribution in [3.63, 3.8) is 0 Å². The molecule has 1 N–H and O–H groups in total. The predicted octanol–water partition coefficient (Wildman–Crippen LogP) is 2.91. The second-order valence-corrected chi connectivity index (χ2v) is 4.55. The number of fused-ring (bicyclic) bond motifs is 1. The first-order chi connectivity index (χ1) is 8.32. The van der Waals surface area contributed by atoms with E-state index >= 15 is 0 Å². The number of rotatable bonds is 3. The predicted molar refractivity (Wildman–Crippen MR) is 69.5 cm³/mol. The van der Waals surface area contributed by atoms with Crippen molar-refractivity contribution in [2.24, 2.45) is 0 Å². The first-order valence-corrected chi connectivity index (χ1v) is 6.18. The molecule has 17 heavy (non-hydrogen) atoms. The Bertz CT molecular complexity index is 444. The van der Waals surface area contributed by atoms with Gasteiger partial charge in [-0.2, -0.15) is 5.26 Å². The average Bonchev–Trinajstić information content (AvgIpc) is 2.57. The Labute approximate surface area is 103 Å². The third-order valence-corrected chi connectivity index (χ3v) is 3.46. The van der Waals surface area contributed by atoms with Gasteiger partial charge in [-0.15, -0.1) is 6.58 Å². The van der Waals surface area contributed by atoms with Crippen molar-refractivity contribution in [2.45, 2.75) is 31.2 Å². The third-order valence-electron chi connectivity index (χ3n) is 3.46. The molecule has 2 rings (SSSR count). The molecule has 0 fully saturated rings. The highest BCUT2D eigenvalue weighted by molar-refractivity contribution is 5.39. The Hall–Kier alpha value is -1.59. The van der Waals surface area contributed by atoms with Gasteiger partial charge < -0.3 is 0 Å². The number of aryl methyl sites for hydroxylation is 1. The maximum atomic E-state index is 9.59. The molecule has 88 valence electrons. The molecule has 0 spiro atoms. The van der Waals surface area contributed by atoms with E-state index in [0.29, 0.717) is 6.54 Å². The number of nitriles is 1. The van der Waals surface area contributed by atoms with Gasteiger partial charge in [-0.05, 0) is 36.8 Å². The molecule has 2 nitrogen and oxygen atoms in total. The van der Waals surface area contributed by atoms with Gasteiger partial charge in [0.15, 0.2) is 0 Å². The zero-order chi connectivity index (χ0) is 12.1. The van der Waals surface area contributed by atoms with E-state index in [1.165, 1.54) is 5.56 Å². The first-order valence-electron chi connectivity index (χ1n) is 6.18. The zero-order valence-corrected chi connectivity index (χ0v) is 10.1. The zero-order valence-electron chi connectivity index (χ0n) is 10.1. The lowest BCUT2D eigenvalue weighted by Gasteiger charge is -2.28. The summed E-state index contributed by atoms with van der Waals surface area (Å²) in [7, 11) is 0. The molecule has 0 saturated heterocycles. The molecule has 1 aliphatic carbocycles. The number of nitrogens with zero attached hydrogens (tertiary/aromatic N) is 1. The van der Waals surface area contributed by atoms with Crippen LogP contribution in [0.5, 0.6) is 0 Å². The normalized spacial score (nSPS) is 23.2. The van der Waals surface area contributed by atoms with Gasteiger partial charge in [0.05, 0.1) is 6.07 Å². The summed E-state index contributed by atoms with van der Waals surface area (Å²) >= 11 is 0. The van der Waals surface area contributed by atoms with Crippen molar-refractivity contribution >= 4 is 0 Å². The lowest BCUT2D eigenvalue weighted by molar-refractivity contribution is 0.410. The number of nitrogens with one attached hydrogen (secondary N) is 1. The Morgan fingerprint density at radius 1 is 1.41 bits per heavy atom. The van der Waals surface area contributed by atoms with Crippen LogP contribution in [0.15, 0.2) is 36.9 Å². The summed E-state index contributed by atoms with van der Waals surface area (Å²) < 4.78 is 0. The minimum Gasteiger partial charge on any atom is -0.292 e. The molecule has 1 aromatic rings. The fourth-order valence-corrected chi connectivity index (χ4v) is 2.58. The fraction of sp³-hybridized carbons (Fsp3) is 0.400. The molecule has 1 atom stereocenters. The van der Waals surface area contributed by atoms with E-state index in [1.54, 1.807) is 0 Å². The van der Waals surface area contributed by atoms with E-state index in [0.717, 1.165) is 31.2 Å². The lowest BCUT2D eigenvalue weighted by atomic mass is 9.85. The van der Waals surface area contributed by atoms with E-state index in [1.807, 2.05) is 12.1 Å². The van der Waals surface area contributed by atoms with Crippen molar-refractivity contribution < 1.29 is 0 Å².